The van der Waals surface area contributed by atoms with Crippen LogP contribution in [0.25, 0.3) is 0 Å². The summed E-state index contributed by atoms with van der Waals surface area (Å²) in [6.45, 7) is 0. The van der Waals surface area contributed by atoms with E-state index in [9.17, 15) is 9.59 Å². The van der Waals surface area contributed by atoms with Crippen LogP contribution < -0.4 is 15.7 Å². The van der Waals surface area contributed by atoms with E-state index in [0.717, 1.165) is 11.3 Å². The molecule has 0 saturated heterocycles. The van der Waals surface area contributed by atoms with Crippen LogP contribution in [0.3, 0.4) is 0 Å². The molecule has 6 heteroatoms. The Balaban J connectivity index is 2.00. The van der Waals surface area contributed by atoms with E-state index in [4.69, 9.17) is 4.74 Å². The topological polar surface area (TPSA) is 72.7 Å². The second-order valence-corrected chi connectivity index (χ2v) is 4.34. The third-order valence-electron chi connectivity index (χ3n) is 2.84. The number of carbonyl (C=O) groups is 1. The third kappa shape index (κ3) is 3.79. The van der Waals surface area contributed by atoms with Crippen LogP contribution >= 0.6 is 0 Å². The van der Waals surface area contributed by atoms with Crippen molar-refractivity contribution in [1.29, 1.82) is 0 Å². The largest absolute Gasteiger partial charge is 0.497 e. The van der Waals surface area contributed by atoms with E-state index in [-0.39, 0.29) is 11.5 Å². The first kappa shape index (κ1) is 14.5. The minimum absolute atomic E-state index is 0.173. The molecule has 0 aliphatic carbocycles. The molecule has 1 amide bonds. The summed E-state index contributed by atoms with van der Waals surface area (Å²) in [6.07, 6.45) is 2.99. The number of hydrazone groups is 1. The van der Waals surface area contributed by atoms with Gasteiger partial charge in [-0.2, -0.15) is 5.10 Å². The number of amides is 1. The second kappa shape index (κ2) is 6.51. The zero-order valence-corrected chi connectivity index (χ0v) is 11.7. The van der Waals surface area contributed by atoms with Gasteiger partial charge in [0.15, 0.2) is 0 Å². The lowest BCUT2D eigenvalue weighted by molar-refractivity contribution is 0.0954. The first-order valence-electron chi connectivity index (χ1n) is 6.24. The normalized spacial score (nSPS) is 10.6. The quantitative estimate of drug-likeness (QED) is 0.676. The minimum atomic E-state index is -0.379. The van der Waals surface area contributed by atoms with E-state index in [1.165, 1.54) is 29.1 Å². The highest BCUT2D eigenvalue weighted by Crippen LogP contribution is 2.09. The highest BCUT2D eigenvalue weighted by Gasteiger charge is 2.04. The van der Waals surface area contributed by atoms with Gasteiger partial charge < -0.3 is 9.30 Å². The van der Waals surface area contributed by atoms with E-state index >= 15 is 0 Å². The number of methoxy groups -OCH3 is 1. The SMILES string of the molecule is COc1ccc(/C=N\NC(=O)c2ccc(=O)n(C)c2)cc1. The number of rotatable bonds is 4. The standard InChI is InChI=1S/C15H15N3O3/c1-18-10-12(5-8-14(18)19)15(20)17-16-9-11-3-6-13(21-2)7-4-11/h3-10H,1-2H3,(H,17,20)/b16-9-. The molecule has 0 radical (unpaired) electrons. The van der Waals surface area contributed by atoms with Crippen LogP contribution in [0.15, 0.2) is 52.5 Å². The molecule has 0 saturated carbocycles. The summed E-state index contributed by atoms with van der Waals surface area (Å²) >= 11 is 0. The number of hydrogen-bond donors (Lipinski definition) is 1. The highest BCUT2D eigenvalue weighted by atomic mass is 16.5. The molecule has 1 heterocycles. The van der Waals surface area contributed by atoms with Crippen LogP contribution in [-0.2, 0) is 7.05 Å². The van der Waals surface area contributed by atoms with Crippen LogP contribution in [0.1, 0.15) is 15.9 Å². The molecule has 2 rings (SSSR count). The average Bonchev–Trinajstić information content (AvgIpc) is 2.50. The maximum Gasteiger partial charge on any atom is 0.272 e. The Bertz CT molecular complexity index is 718. The van der Waals surface area contributed by atoms with Crippen molar-refractivity contribution < 1.29 is 9.53 Å². The number of benzene rings is 1. The van der Waals surface area contributed by atoms with Gasteiger partial charge in [0.2, 0.25) is 5.56 Å². The van der Waals surface area contributed by atoms with Gasteiger partial charge in [-0.1, -0.05) is 0 Å². The number of hydrogen-bond acceptors (Lipinski definition) is 4. The van der Waals surface area contributed by atoms with E-state index in [2.05, 4.69) is 10.5 Å². The molecule has 1 N–H and O–H groups in total. The molecule has 0 spiro atoms. The second-order valence-electron chi connectivity index (χ2n) is 4.34. The highest BCUT2D eigenvalue weighted by molar-refractivity contribution is 5.94. The van der Waals surface area contributed by atoms with E-state index < -0.39 is 0 Å². The first-order chi connectivity index (χ1) is 10.1. The minimum Gasteiger partial charge on any atom is -0.497 e. The molecule has 21 heavy (non-hydrogen) atoms. The lowest BCUT2D eigenvalue weighted by Crippen LogP contribution is -2.22. The van der Waals surface area contributed by atoms with Crippen molar-refractivity contribution in [2.75, 3.05) is 7.11 Å². The smallest absolute Gasteiger partial charge is 0.272 e. The molecule has 0 aliphatic heterocycles. The zero-order valence-electron chi connectivity index (χ0n) is 11.7. The summed E-state index contributed by atoms with van der Waals surface area (Å²) in [4.78, 5) is 23.1. The van der Waals surface area contributed by atoms with Crippen molar-refractivity contribution in [2.45, 2.75) is 0 Å². The Morgan fingerprint density at radius 3 is 2.57 bits per heavy atom. The van der Waals surface area contributed by atoms with Gasteiger partial charge in [0.1, 0.15) is 5.75 Å². The molecule has 6 nitrogen and oxygen atoms in total. The lowest BCUT2D eigenvalue weighted by atomic mass is 10.2. The first-order valence-corrected chi connectivity index (χ1v) is 6.24. The number of aryl methyl sites for hydroxylation is 1. The summed E-state index contributed by atoms with van der Waals surface area (Å²) in [5.41, 5.74) is 3.43. The Hall–Kier alpha value is -2.89. The fraction of sp³-hybridized carbons (Fsp3) is 0.133. The summed E-state index contributed by atoms with van der Waals surface area (Å²) in [5, 5.41) is 3.87. The summed E-state index contributed by atoms with van der Waals surface area (Å²) in [7, 11) is 3.18. The van der Waals surface area contributed by atoms with Crippen LogP contribution in [0, 0.1) is 0 Å². The number of ether oxygens (including phenoxy) is 1. The summed E-state index contributed by atoms with van der Waals surface area (Å²) in [6, 6.07) is 10.0. The molecule has 0 bridgehead atoms. The van der Waals surface area contributed by atoms with Crippen LogP contribution in [-0.4, -0.2) is 23.8 Å². The van der Waals surface area contributed by atoms with Gasteiger partial charge >= 0.3 is 0 Å². The van der Waals surface area contributed by atoms with E-state index in [0.29, 0.717) is 5.56 Å². The molecular weight excluding hydrogens is 270 g/mol. The number of nitrogens with zero attached hydrogens (tertiary/aromatic N) is 2. The molecule has 0 atom stereocenters. The number of pyridine rings is 1. The lowest BCUT2D eigenvalue weighted by Gasteiger charge is -2.02. The maximum atomic E-state index is 11.8. The van der Waals surface area contributed by atoms with E-state index in [1.807, 2.05) is 12.1 Å². The van der Waals surface area contributed by atoms with Crippen molar-refractivity contribution in [1.82, 2.24) is 9.99 Å². The third-order valence-corrected chi connectivity index (χ3v) is 2.84. The number of aromatic nitrogens is 1. The molecule has 108 valence electrons. The van der Waals surface area contributed by atoms with Gasteiger partial charge in [0.25, 0.3) is 5.91 Å². The molecular formula is C15H15N3O3. The fourth-order valence-electron chi connectivity index (χ4n) is 1.65. The average molecular weight is 285 g/mol. The van der Waals surface area contributed by atoms with Gasteiger partial charge in [-0.15, -0.1) is 0 Å². The molecule has 0 unspecified atom stereocenters. The Labute approximate surface area is 121 Å². The zero-order chi connectivity index (χ0) is 15.2. The molecule has 1 aromatic carbocycles. The van der Waals surface area contributed by atoms with Gasteiger partial charge in [0.05, 0.1) is 18.9 Å². The van der Waals surface area contributed by atoms with E-state index in [1.54, 1.807) is 26.3 Å². The van der Waals surface area contributed by atoms with Gasteiger partial charge in [-0.3, -0.25) is 9.59 Å². The predicted octanol–water partition coefficient (Wildman–Crippen LogP) is 1.16. The summed E-state index contributed by atoms with van der Waals surface area (Å²) in [5.74, 6) is 0.372. The van der Waals surface area contributed by atoms with Crippen molar-refractivity contribution in [2.24, 2.45) is 12.1 Å². The van der Waals surface area contributed by atoms with Gasteiger partial charge in [-0.25, -0.2) is 5.43 Å². The van der Waals surface area contributed by atoms with Crippen molar-refractivity contribution in [3.63, 3.8) is 0 Å². The van der Waals surface area contributed by atoms with Crippen LogP contribution in [0.5, 0.6) is 5.75 Å². The van der Waals surface area contributed by atoms with Crippen LogP contribution in [0.4, 0.5) is 0 Å². The Morgan fingerprint density at radius 1 is 1.24 bits per heavy atom. The molecule has 2 aromatic rings. The molecule has 0 fully saturated rings. The molecule has 0 aliphatic rings. The van der Waals surface area contributed by atoms with Crippen molar-refractivity contribution >= 4 is 12.1 Å². The molecule has 1 aromatic heterocycles. The van der Waals surface area contributed by atoms with Gasteiger partial charge in [-0.05, 0) is 35.9 Å². The number of nitrogens with one attached hydrogen (secondary N) is 1. The Kier molecular flexibility index (Phi) is 4.50. The Morgan fingerprint density at radius 2 is 1.95 bits per heavy atom. The van der Waals surface area contributed by atoms with Crippen molar-refractivity contribution in [3.05, 3.63) is 64.1 Å². The predicted molar refractivity (Wildman–Crippen MR) is 79.7 cm³/mol. The monoisotopic (exact) mass is 285 g/mol. The van der Waals surface area contributed by atoms with Crippen molar-refractivity contribution in [3.8, 4) is 5.75 Å². The fourth-order valence-corrected chi connectivity index (χ4v) is 1.65. The number of carbonyl (C=O) groups excluding carboxylic acids is 1. The van der Waals surface area contributed by atoms with Gasteiger partial charge in [0, 0.05) is 19.3 Å². The van der Waals surface area contributed by atoms with Crippen LogP contribution in [0.2, 0.25) is 0 Å². The summed E-state index contributed by atoms with van der Waals surface area (Å²) < 4.78 is 6.38. The maximum absolute atomic E-state index is 11.8.